The van der Waals surface area contributed by atoms with E-state index < -0.39 is 33.4 Å². The van der Waals surface area contributed by atoms with Gasteiger partial charge in [0.2, 0.25) is 0 Å². The summed E-state index contributed by atoms with van der Waals surface area (Å²) in [5.41, 5.74) is -0.341. The topological polar surface area (TPSA) is 124 Å². The summed E-state index contributed by atoms with van der Waals surface area (Å²) in [5.74, 6) is -1.59. The second-order valence-corrected chi connectivity index (χ2v) is 7.67. The van der Waals surface area contributed by atoms with Gasteiger partial charge in [0.15, 0.2) is 0 Å². The number of nitro groups is 1. The summed E-state index contributed by atoms with van der Waals surface area (Å²) in [7, 11) is -3.99. The van der Waals surface area contributed by atoms with Crippen LogP contribution >= 0.6 is 11.6 Å². The highest BCUT2D eigenvalue weighted by Crippen LogP contribution is 2.29. The van der Waals surface area contributed by atoms with Gasteiger partial charge < -0.3 is 4.74 Å². The molecule has 140 valence electrons. The third-order valence-electron chi connectivity index (χ3n) is 3.82. The number of carbonyl (C=O) groups is 2. The predicted molar refractivity (Wildman–Crippen MR) is 93.1 cm³/mol. The van der Waals surface area contributed by atoms with E-state index in [0.29, 0.717) is 4.31 Å². The molecule has 0 spiro atoms. The van der Waals surface area contributed by atoms with Crippen molar-refractivity contribution in [3.63, 3.8) is 0 Å². The minimum atomic E-state index is -3.99. The fourth-order valence-corrected chi connectivity index (χ4v) is 4.34. The van der Waals surface area contributed by atoms with Gasteiger partial charge in [0, 0.05) is 12.1 Å². The number of hydrogen-bond donors (Lipinski definition) is 0. The van der Waals surface area contributed by atoms with Gasteiger partial charge in [-0.2, -0.15) is 0 Å². The summed E-state index contributed by atoms with van der Waals surface area (Å²) >= 11 is 5.84. The first-order chi connectivity index (χ1) is 12.7. The Morgan fingerprint density at radius 1 is 1.22 bits per heavy atom. The molecule has 0 aromatic heterocycles. The lowest BCUT2D eigenvalue weighted by Gasteiger charge is -2.15. The summed E-state index contributed by atoms with van der Waals surface area (Å²) in [6.45, 7) is -0.767. The first kappa shape index (κ1) is 18.8. The number of sulfonamides is 1. The molecule has 1 aliphatic rings. The van der Waals surface area contributed by atoms with Crippen LogP contribution in [0.4, 0.5) is 5.69 Å². The molecule has 0 saturated heterocycles. The molecule has 1 amide bonds. The highest BCUT2D eigenvalue weighted by Gasteiger charge is 2.40. The van der Waals surface area contributed by atoms with E-state index in [1.807, 2.05) is 0 Å². The van der Waals surface area contributed by atoms with Crippen LogP contribution in [0.15, 0.2) is 47.4 Å². The van der Waals surface area contributed by atoms with Crippen LogP contribution in [0, 0.1) is 10.1 Å². The Morgan fingerprint density at radius 2 is 1.93 bits per heavy atom. The molecule has 0 fully saturated rings. The Bertz CT molecular complexity index is 1070. The molecule has 1 aliphatic heterocycles. The lowest BCUT2D eigenvalue weighted by atomic mass is 10.2. The molecule has 0 unspecified atom stereocenters. The number of amides is 1. The molecule has 0 N–H and O–H groups in total. The Kier molecular flexibility index (Phi) is 4.85. The average Bonchev–Trinajstić information content (AvgIpc) is 2.82. The number of halogens is 1. The van der Waals surface area contributed by atoms with Crippen molar-refractivity contribution in [1.82, 2.24) is 4.31 Å². The van der Waals surface area contributed by atoms with E-state index in [1.165, 1.54) is 18.2 Å². The maximum Gasteiger partial charge on any atom is 0.339 e. The van der Waals surface area contributed by atoms with Crippen LogP contribution in [0.3, 0.4) is 0 Å². The fraction of sp³-hybridized carbons (Fsp3) is 0.125. The highest BCUT2D eigenvalue weighted by atomic mass is 35.5. The third-order valence-corrected chi connectivity index (χ3v) is 5.98. The zero-order chi connectivity index (χ0) is 19.8. The molecular formula is C16H11ClN2O7S. The van der Waals surface area contributed by atoms with E-state index in [1.54, 1.807) is 6.07 Å². The first-order valence-electron chi connectivity index (χ1n) is 7.50. The van der Waals surface area contributed by atoms with E-state index >= 15 is 0 Å². The van der Waals surface area contributed by atoms with Crippen molar-refractivity contribution in [3.05, 3.63) is 68.7 Å². The first-order valence-corrected chi connectivity index (χ1v) is 9.32. The fourth-order valence-electron chi connectivity index (χ4n) is 2.53. The van der Waals surface area contributed by atoms with E-state index in [9.17, 15) is 28.1 Å². The summed E-state index contributed by atoms with van der Waals surface area (Å²) in [6.07, 6.45) is 0. The normalized spacial score (nSPS) is 14.7. The SMILES string of the molecule is O=C(OCCN1C(=O)c2ccccc2S1(=O)=O)c1ccc([N+](=O)[O-])cc1Cl. The Labute approximate surface area is 158 Å². The number of ether oxygens (including phenoxy) is 1. The van der Waals surface area contributed by atoms with Crippen molar-refractivity contribution in [2.24, 2.45) is 0 Å². The lowest BCUT2D eigenvalue weighted by molar-refractivity contribution is -0.384. The molecule has 0 aliphatic carbocycles. The number of fused-ring (bicyclic) bond motifs is 1. The van der Waals surface area contributed by atoms with Gasteiger partial charge >= 0.3 is 5.97 Å². The van der Waals surface area contributed by atoms with E-state index in [2.05, 4.69) is 0 Å². The number of esters is 1. The van der Waals surface area contributed by atoms with Gasteiger partial charge in [0.1, 0.15) is 11.5 Å². The second-order valence-electron chi connectivity index (χ2n) is 5.44. The van der Waals surface area contributed by atoms with Gasteiger partial charge in [-0.3, -0.25) is 14.9 Å². The molecule has 3 rings (SSSR count). The molecule has 0 radical (unpaired) electrons. The molecule has 0 atom stereocenters. The van der Waals surface area contributed by atoms with Crippen LogP contribution < -0.4 is 0 Å². The van der Waals surface area contributed by atoms with Crippen molar-refractivity contribution in [2.75, 3.05) is 13.2 Å². The zero-order valence-electron chi connectivity index (χ0n) is 13.5. The number of benzene rings is 2. The minimum absolute atomic E-state index is 0.0576. The monoisotopic (exact) mass is 410 g/mol. The molecule has 9 nitrogen and oxygen atoms in total. The number of nitro benzene ring substituents is 1. The van der Waals surface area contributed by atoms with E-state index in [-0.39, 0.29) is 33.3 Å². The highest BCUT2D eigenvalue weighted by molar-refractivity contribution is 7.90. The predicted octanol–water partition coefficient (Wildman–Crippen LogP) is 2.25. The lowest BCUT2D eigenvalue weighted by Crippen LogP contribution is -2.33. The second kappa shape index (κ2) is 6.97. The van der Waals surface area contributed by atoms with E-state index in [0.717, 1.165) is 18.2 Å². The maximum atomic E-state index is 12.4. The average molecular weight is 411 g/mol. The van der Waals surface area contributed by atoms with Gasteiger partial charge in [-0.25, -0.2) is 17.5 Å². The van der Waals surface area contributed by atoms with E-state index in [4.69, 9.17) is 16.3 Å². The van der Waals surface area contributed by atoms with Gasteiger partial charge in [0.25, 0.3) is 21.6 Å². The third kappa shape index (κ3) is 3.36. The molecule has 2 aromatic carbocycles. The van der Waals surface area contributed by atoms with Crippen LogP contribution in [0.5, 0.6) is 0 Å². The molecule has 1 heterocycles. The van der Waals surface area contributed by atoms with Crippen LogP contribution in [0.1, 0.15) is 20.7 Å². The minimum Gasteiger partial charge on any atom is -0.460 e. The molecule has 0 saturated carbocycles. The number of carbonyl (C=O) groups excluding carboxylic acids is 2. The smallest absolute Gasteiger partial charge is 0.339 e. The molecule has 11 heteroatoms. The van der Waals surface area contributed by atoms with Crippen LogP contribution in [-0.4, -0.2) is 42.7 Å². The van der Waals surface area contributed by atoms with Crippen molar-refractivity contribution >= 4 is 39.2 Å². The largest absolute Gasteiger partial charge is 0.460 e. The maximum absolute atomic E-state index is 12.4. The van der Waals surface area contributed by atoms with Gasteiger partial charge in [-0.05, 0) is 18.2 Å². The Balaban J connectivity index is 1.68. The molecular weight excluding hydrogens is 400 g/mol. The van der Waals surface area contributed by atoms with Crippen molar-refractivity contribution < 1.29 is 27.7 Å². The Hall–Kier alpha value is -2.98. The Morgan fingerprint density at radius 3 is 2.56 bits per heavy atom. The summed E-state index contributed by atoms with van der Waals surface area (Å²) in [4.78, 5) is 34.2. The van der Waals surface area contributed by atoms with Crippen molar-refractivity contribution in [2.45, 2.75) is 4.90 Å². The molecule has 2 aromatic rings. The van der Waals surface area contributed by atoms with Crippen molar-refractivity contribution in [3.8, 4) is 0 Å². The van der Waals surface area contributed by atoms with Crippen molar-refractivity contribution in [1.29, 1.82) is 0 Å². The summed E-state index contributed by atoms with van der Waals surface area (Å²) < 4.78 is 30.3. The summed E-state index contributed by atoms with van der Waals surface area (Å²) in [6, 6.07) is 9.01. The number of nitrogens with zero attached hydrogens (tertiary/aromatic N) is 2. The summed E-state index contributed by atoms with van der Waals surface area (Å²) in [5, 5.41) is 10.5. The van der Waals surface area contributed by atoms with Gasteiger partial charge in [-0.15, -0.1) is 0 Å². The van der Waals surface area contributed by atoms with Gasteiger partial charge in [0.05, 0.1) is 27.6 Å². The van der Waals surface area contributed by atoms with Crippen LogP contribution in [-0.2, 0) is 14.8 Å². The molecule has 0 bridgehead atoms. The van der Waals surface area contributed by atoms with Gasteiger partial charge in [-0.1, -0.05) is 23.7 Å². The number of rotatable bonds is 5. The molecule has 27 heavy (non-hydrogen) atoms. The van der Waals surface area contributed by atoms with Crippen LogP contribution in [0.2, 0.25) is 5.02 Å². The number of hydrogen-bond acceptors (Lipinski definition) is 7. The number of non-ortho nitro benzene ring substituents is 1. The van der Waals surface area contributed by atoms with Crippen LogP contribution in [0.25, 0.3) is 0 Å². The zero-order valence-corrected chi connectivity index (χ0v) is 15.1. The quantitative estimate of drug-likeness (QED) is 0.420. The standard InChI is InChI=1S/C16H11ClN2O7S/c17-13-9-10(19(22)23)5-6-11(13)16(21)26-8-7-18-15(20)12-3-1-2-4-14(12)27(18,24)25/h1-6,9H,7-8H2.